The number of benzene rings is 1. The molecule has 74 valence electrons. The lowest BCUT2D eigenvalue weighted by atomic mass is 10.1. The van der Waals surface area contributed by atoms with Crippen LogP contribution in [-0.4, -0.2) is 19.8 Å². The second-order valence-electron chi connectivity index (χ2n) is 3.32. The zero-order valence-electron chi connectivity index (χ0n) is 8.27. The third kappa shape index (κ3) is 1.96. The number of rotatable bonds is 3. The molecule has 1 unspecified atom stereocenters. The van der Waals surface area contributed by atoms with Crippen molar-refractivity contribution < 1.29 is 9.47 Å². The second kappa shape index (κ2) is 4.29. The molecule has 0 fully saturated rings. The molecular weight excluding hydrogens is 176 g/mol. The molecule has 0 radical (unpaired) electrons. The van der Waals surface area contributed by atoms with Crippen LogP contribution in [0.2, 0.25) is 0 Å². The van der Waals surface area contributed by atoms with Gasteiger partial charge in [-0.2, -0.15) is 0 Å². The van der Waals surface area contributed by atoms with Gasteiger partial charge in [0, 0.05) is 6.42 Å². The van der Waals surface area contributed by atoms with Gasteiger partial charge in [0.1, 0.15) is 11.9 Å². The first-order valence-electron chi connectivity index (χ1n) is 4.79. The second-order valence-corrected chi connectivity index (χ2v) is 3.32. The van der Waals surface area contributed by atoms with Crippen LogP contribution in [0.15, 0.2) is 42.2 Å². The molecule has 0 amide bonds. The van der Waals surface area contributed by atoms with Gasteiger partial charge in [-0.05, 0) is 11.6 Å². The molecule has 0 N–H and O–H groups in total. The topological polar surface area (TPSA) is 18.5 Å². The molecule has 0 saturated heterocycles. The van der Waals surface area contributed by atoms with Crippen molar-refractivity contribution in [3.05, 3.63) is 47.7 Å². The Morgan fingerprint density at radius 1 is 1.36 bits per heavy atom. The molecule has 0 aliphatic carbocycles. The fourth-order valence-electron chi connectivity index (χ4n) is 1.66. The van der Waals surface area contributed by atoms with Crippen LogP contribution in [0.25, 0.3) is 0 Å². The summed E-state index contributed by atoms with van der Waals surface area (Å²) in [6, 6.07) is 10.3. The van der Waals surface area contributed by atoms with Gasteiger partial charge in [-0.3, -0.25) is 0 Å². The third-order valence-electron chi connectivity index (χ3n) is 2.40. The quantitative estimate of drug-likeness (QED) is 0.727. The minimum Gasteiger partial charge on any atom is -0.499 e. The van der Waals surface area contributed by atoms with E-state index in [4.69, 9.17) is 9.47 Å². The Bertz CT molecular complexity index is 316. The molecular formula is C12H14O2. The largest absolute Gasteiger partial charge is 0.499 e. The molecule has 1 heterocycles. The lowest BCUT2D eigenvalue weighted by Gasteiger charge is -2.13. The van der Waals surface area contributed by atoms with Gasteiger partial charge in [-0.15, -0.1) is 0 Å². The van der Waals surface area contributed by atoms with E-state index < -0.39 is 0 Å². The van der Waals surface area contributed by atoms with Crippen LogP contribution in [0.3, 0.4) is 0 Å². The van der Waals surface area contributed by atoms with Crippen LogP contribution < -0.4 is 0 Å². The maximum Gasteiger partial charge on any atom is 0.123 e. The number of methoxy groups -OCH3 is 1. The van der Waals surface area contributed by atoms with Gasteiger partial charge in [-0.25, -0.2) is 0 Å². The van der Waals surface area contributed by atoms with E-state index in [-0.39, 0.29) is 6.10 Å². The fourth-order valence-corrected chi connectivity index (χ4v) is 1.66. The zero-order chi connectivity index (χ0) is 9.80. The van der Waals surface area contributed by atoms with Gasteiger partial charge >= 0.3 is 0 Å². The summed E-state index contributed by atoms with van der Waals surface area (Å²) in [6.45, 7) is 0.667. The van der Waals surface area contributed by atoms with Crippen LogP contribution in [0.4, 0.5) is 0 Å². The molecule has 0 aromatic heterocycles. The summed E-state index contributed by atoms with van der Waals surface area (Å²) < 4.78 is 10.8. The van der Waals surface area contributed by atoms with Gasteiger partial charge in [0.2, 0.25) is 0 Å². The van der Waals surface area contributed by atoms with E-state index in [0.29, 0.717) is 6.61 Å². The van der Waals surface area contributed by atoms with E-state index in [1.54, 1.807) is 7.11 Å². The average Bonchev–Trinajstić information content (AvgIpc) is 2.67. The molecule has 0 saturated carbocycles. The van der Waals surface area contributed by atoms with Gasteiger partial charge in [0.05, 0.1) is 13.7 Å². The molecule has 1 aromatic carbocycles. The van der Waals surface area contributed by atoms with Gasteiger partial charge in [-0.1, -0.05) is 30.3 Å². The van der Waals surface area contributed by atoms with Crippen molar-refractivity contribution in [2.45, 2.75) is 12.5 Å². The molecule has 0 bridgehead atoms. The van der Waals surface area contributed by atoms with Crippen LogP contribution in [0.5, 0.6) is 0 Å². The molecule has 1 aliphatic rings. The van der Waals surface area contributed by atoms with Crippen molar-refractivity contribution in [2.75, 3.05) is 13.7 Å². The summed E-state index contributed by atoms with van der Waals surface area (Å²) in [6.07, 6.45) is 2.98. The van der Waals surface area contributed by atoms with E-state index in [1.165, 1.54) is 5.56 Å². The van der Waals surface area contributed by atoms with Crippen molar-refractivity contribution >= 4 is 0 Å². The van der Waals surface area contributed by atoms with Gasteiger partial charge < -0.3 is 9.47 Å². The molecule has 14 heavy (non-hydrogen) atoms. The van der Waals surface area contributed by atoms with Crippen molar-refractivity contribution in [2.24, 2.45) is 0 Å². The Morgan fingerprint density at radius 3 is 2.86 bits per heavy atom. The third-order valence-corrected chi connectivity index (χ3v) is 2.40. The summed E-state index contributed by atoms with van der Waals surface area (Å²) in [5.41, 5.74) is 1.28. The maximum absolute atomic E-state index is 5.54. The van der Waals surface area contributed by atoms with Crippen molar-refractivity contribution in [1.82, 2.24) is 0 Å². The van der Waals surface area contributed by atoms with Crippen LogP contribution in [-0.2, 0) is 15.9 Å². The predicted octanol–water partition coefficient (Wildman–Crippen LogP) is 2.16. The average molecular weight is 190 g/mol. The normalized spacial score (nSPS) is 20.6. The highest BCUT2D eigenvalue weighted by atomic mass is 16.5. The SMILES string of the molecule is COC1=CCOC1Cc1ccccc1. The van der Waals surface area contributed by atoms with Crippen molar-refractivity contribution in [3.63, 3.8) is 0 Å². The van der Waals surface area contributed by atoms with E-state index in [2.05, 4.69) is 12.1 Å². The Hall–Kier alpha value is -1.28. The summed E-state index contributed by atoms with van der Waals surface area (Å²) in [5.74, 6) is 0.953. The van der Waals surface area contributed by atoms with Gasteiger partial charge in [0.15, 0.2) is 0 Å². The molecule has 2 rings (SSSR count). The van der Waals surface area contributed by atoms with E-state index >= 15 is 0 Å². The number of hydrogen-bond acceptors (Lipinski definition) is 2. The summed E-state index contributed by atoms with van der Waals surface area (Å²) in [4.78, 5) is 0. The van der Waals surface area contributed by atoms with Crippen LogP contribution in [0, 0.1) is 0 Å². The lowest BCUT2D eigenvalue weighted by molar-refractivity contribution is 0.0854. The smallest absolute Gasteiger partial charge is 0.123 e. The minimum atomic E-state index is 0.0994. The summed E-state index contributed by atoms with van der Waals surface area (Å²) in [7, 11) is 1.69. The maximum atomic E-state index is 5.54. The molecule has 1 aromatic rings. The highest BCUT2D eigenvalue weighted by Gasteiger charge is 2.20. The zero-order valence-corrected chi connectivity index (χ0v) is 8.27. The first kappa shape index (κ1) is 9.28. The van der Waals surface area contributed by atoms with Crippen molar-refractivity contribution in [3.8, 4) is 0 Å². The highest BCUT2D eigenvalue weighted by molar-refractivity contribution is 5.19. The molecule has 1 atom stereocenters. The monoisotopic (exact) mass is 190 g/mol. The Balaban J connectivity index is 2.02. The van der Waals surface area contributed by atoms with E-state index in [0.717, 1.165) is 12.2 Å². The minimum absolute atomic E-state index is 0.0994. The van der Waals surface area contributed by atoms with Crippen LogP contribution in [0.1, 0.15) is 5.56 Å². The predicted molar refractivity (Wildman–Crippen MR) is 55.0 cm³/mol. The highest BCUT2D eigenvalue weighted by Crippen LogP contribution is 2.19. The fraction of sp³-hybridized carbons (Fsp3) is 0.333. The first-order chi connectivity index (χ1) is 6.90. The Morgan fingerprint density at radius 2 is 2.14 bits per heavy atom. The Kier molecular flexibility index (Phi) is 2.84. The van der Waals surface area contributed by atoms with E-state index in [9.17, 15) is 0 Å². The summed E-state index contributed by atoms with van der Waals surface area (Å²) >= 11 is 0. The Labute approximate surface area is 84.2 Å². The molecule has 2 heteroatoms. The van der Waals surface area contributed by atoms with Crippen LogP contribution >= 0.6 is 0 Å². The number of hydrogen-bond donors (Lipinski definition) is 0. The van der Waals surface area contributed by atoms with Gasteiger partial charge in [0.25, 0.3) is 0 Å². The van der Waals surface area contributed by atoms with E-state index in [1.807, 2.05) is 24.3 Å². The molecule has 2 nitrogen and oxygen atoms in total. The van der Waals surface area contributed by atoms with Crippen molar-refractivity contribution in [1.29, 1.82) is 0 Å². The first-order valence-corrected chi connectivity index (χ1v) is 4.79. The molecule has 1 aliphatic heterocycles. The molecule has 0 spiro atoms. The standard InChI is InChI=1S/C12H14O2/c1-13-11-7-8-14-12(11)9-10-5-3-2-4-6-10/h2-7,12H,8-9H2,1H3. The lowest BCUT2D eigenvalue weighted by Crippen LogP contribution is -2.14. The summed E-state index contributed by atoms with van der Waals surface area (Å²) in [5, 5.41) is 0. The number of ether oxygens (including phenoxy) is 2.